The summed E-state index contributed by atoms with van der Waals surface area (Å²) < 4.78 is 0. The second-order valence-corrected chi connectivity index (χ2v) is 12.4. The van der Waals surface area contributed by atoms with Gasteiger partial charge in [-0.3, -0.25) is 0 Å². The van der Waals surface area contributed by atoms with Crippen LogP contribution < -0.4 is 0 Å². The van der Waals surface area contributed by atoms with Crippen LogP contribution in [0.15, 0.2) is 170 Å². The molecule has 1 aliphatic rings. The molecule has 0 aromatic heterocycles. The minimum Gasteiger partial charge on any atom is -0.508 e. The first kappa shape index (κ1) is 27.2. The second-order valence-electron chi connectivity index (χ2n) is 12.4. The SMILES string of the molecule is Oc1ccc(C2(c3ccc(O)cc3)c3c(-c4ccc5ccccc5c4)cccc3-c3cccc(-c4ccc5ccccc5c4)c32)cc1. The lowest BCUT2D eigenvalue weighted by atomic mass is 9.64. The van der Waals surface area contributed by atoms with Crippen molar-refractivity contribution in [1.29, 1.82) is 0 Å². The summed E-state index contributed by atoms with van der Waals surface area (Å²) in [5.74, 6) is 0.442. The van der Waals surface area contributed by atoms with Gasteiger partial charge in [0.2, 0.25) is 0 Å². The number of aromatic hydroxyl groups is 2. The summed E-state index contributed by atoms with van der Waals surface area (Å²) in [4.78, 5) is 0. The summed E-state index contributed by atoms with van der Waals surface area (Å²) in [6, 6.07) is 59.0. The number of phenolic OH excluding ortho intramolecular Hbond substituents is 2. The van der Waals surface area contributed by atoms with Gasteiger partial charge in [0.05, 0.1) is 5.41 Å². The topological polar surface area (TPSA) is 40.5 Å². The van der Waals surface area contributed by atoms with E-state index in [4.69, 9.17) is 0 Å². The molecule has 0 atom stereocenters. The van der Waals surface area contributed by atoms with Crippen LogP contribution >= 0.6 is 0 Å². The van der Waals surface area contributed by atoms with Crippen LogP contribution in [0.3, 0.4) is 0 Å². The van der Waals surface area contributed by atoms with Crippen LogP contribution in [0.25, 0.3) is 54.9 Å². The molecule has 0 bridgehead atoms. The Balaban J connectivity index is 1.44. The fourth-order valence-electron chi connectivity index (χ4n) is 7.85. The maximum absolute atomic E-state index is 10.5. The number of benzene rings is 8. The first-order chi connectivity index (χ1) is 23.1. The molecule has 2 N–H and O–H groups in total. The molecule has 8 aromatic carbocycles. The number of rotatable bonds is 4. The Morgan fingerprint density at radius 1 is 0.319 bits per heavy atom. The fraction of sp³-hybridized carbons (Fsp3) is 0.0222. The van der Waals surface area contributed by atoms with Crippen molar-refractivity contribution in [3.63, 3.8) is 0 Å². The van der Waals surface area contributed by atoms with Crippen LogP contribution in [0.4, 0.5) is 0 Å². The van der Waals surface area contributed by atoms with E-state index >= 15 is 0 Å². The third-order valence-electron chi connectivity index (χ3n) is 9.89. The van der Waals surface area contributed by atoms with Gasteiger partial charge in [-0.05, 0) is 114 Å². The van der Waals surface area contributed by atoms with E-state index in [1.165, 1.54) is 43.8 Å². The Kier molecular flexibility index (Phi) is 6.06. The molecule has 0 saturated heterocycles. The third-order valence-corrected chi connectivity index (χ3v) is 9.89. The van der Waals surface area contributed by atoms with Crippen LogP contribution in [0.5, 0.6) is 11.5 Å². The van der Waals surface area contributed by atoms with E-state index in [2.05, 4.69) is 146 Å². The number of hydrogen-bond donors (Lipinski definition) is 2. The van der Waals surface area contributed by atoms with Crippen LogP contribution in [-0.2, 0) is 5.41 Å². The second kappa shape index (κ2) is 10.5. The Hall–Kier alpha value is -6.12. The summed E-state index contributed by atoms with van der Waals surface area (Å²) >= 11 is 0. The fourth-order valence-corrected chi connectivity index (χ4v) is 7.85. The molecule has 0 amide bonds. The molecule has 0 saturated carbocycles. The molecular weight excluding hydrogens is 572 g/mol. The van der Waals surface area contributed by atoms with Crippen molar-refractivity contribution in [2.45, 2.75) is 5.41 Å². The first-order valence-corrected chi connectivity index (χ1v) is 16.0. The Morgan fingerprint density at radius 3 is 1.13 bits per heavy atom. The highest BCUT2D eigenvalue weighted by atomic mass is 16.3. The maximum atomic E-state index is 10.5. The van der Waals surface area contributed by atoms with Crippen molar-refractivity contribution in [3.8, 4) is 44.9 Å². The molecule has 2 nitrogen and oxygen atoms in total. The lowest BCUT2D eigenvalue weighted by Crippen LogP contribution is -2.30. The van der Waals surface area contributed by atoms with E-state index in [0.717, 1.165) is 33.4 Å². The van der Waals surface area contributed by atoms with Gasteiger partial charge in [0.25, 0.3) is 0 Å². The Morgan fingerprint density at radius 2 is 0.702 bits per heavy atom. The molecule has 222 valence electrons. The van der Waals surface area contributed by atoms with Gasteiger partial charge in [0, 0.05) is 0 Å². The van der Waals surface area contributed by atoms with E-state index in [0.29, 0.717) is 0 Å². The van der Waals surface area contributed by atoms with Gasteiger partial charge in [-0.25, -0.2) is 0 Å². The van der Waals surface area contributed by atoms with E-state index < -0.39 is 5.41 Å². The molecular formula is C45H30O2. The Labute approximate surface area is 273 Å². The maximum Gasteiger partial charge on any atom is 0.115 e. The molecule has 0 fully saturated rings. The van der Waals surface area contributed by atoms with E-state index in [9.17, 15) is 10.2 Å². The molecule has 47 heavy (non-hydrogen) atoms. The van der Waals surface area contributed by atoms with Crippen LogP contribution in [0.1, 0.15) is 22.3 Å². The first-order valence-electron chi connectivity index (χ1n) is 16.0. The van der Waals surface area contributed by atoms with Crippen molar-refractivity contribution in [2.75, 3.05) is 0 Å². The molecule has 0 radical (unpaired) electrons. The standard InChI is InChI=1S/C45H30O2/c46-37-23-19-35(20-24-37)45(36-21-25-38(47)26-22-36)43-39(33-17-15-29-7-1-3-9-31(29)27-33)11-5-13-41(43)42-14-6-12-40(44(42)45)34-18-16-30-8-2-4-10-32(30)28-34/h1-28,46-47H. The minimum absolute atomic E-state index is 0.221. The Bertz CT molecular complexity index is 2300. The van der Waals surface area contributed by atoms with Gasteiger partial charge in [-0.2, -0.15) is 0 Å². The molecule has 0 unspecified atom stereocenters. The molecule has 1 aliphatic carbocycles. The van der Waals surface area contributed by atoms with Gasteiger partial charge in [-0.15, -0.1) is 0 Å². The molecule has 0 spiro atoms. The van der Waals surface area contributed by atoms with Crippen LogP contribution in [0.2, 0.25) is 0 Å². The minimum atomic E-state index is -0.767. The van der Waals surface area contributed by atoms with E-state index in [-0.39, 0.29) is 11.5 Å². The highest BCUT2D eigenvalue weighted by Crippen LogP contribution is 2.61. The van der Waals surface area contributed by atoms with Crippen molar-refractivity contribution < 1.29 is 10.2 Å². The summed E-state index contributed by atoms with van der Waals surface area (Å²) in [6.07, 6.45) is 0. The van der Waals surface area contributed by atoms with Crippen molar-refractivity contribution >= 4 is 21.5 Å². The molecule has 9 rings (SSSR count). The summed E-state index contributed by atoms with van der Waals surface area (Å²) in [6.45, 7) is 0. The van der Waals surface area contributed by atoms with Crippen LogP contribution in [0, 0.1) is 0 Å². The number of fused-ring (bicyclic) bond motifs is 5. The molecule has 8 aromatic rings. The lowest BCUT2D eigenvalue weighted by Gasteiger charge is -2.36. The van der Waals surface area contributed by atoms with Gasteiger partial charge in [0.1, 0.15) is 11.5 Å². The number of hydrogen-bond acceptors (Lipinski definition) is 2. The average Bonchev–Trinajstić information content (AvgIpc) is 3.43. The zero-order chi connectivity index (χ0) is 31.5. The predicted octanol–water partition coefficient (Wildman–Crippen LogP) is 11.1. The van der Waals surface area contributed by atoms with Gasteiger partial charge >= 0.3 is 0 Å². The van der Waals surface area contributed by atoms with E-state index in [1.54, 1.807) is 24.3 Å². The van der Waals surface area contributed by atoms with Gasteiger partial charge in [0.15, 0.2) is 0 Å². The van der Waals surface area contributed by atoms with Gasteiger partial charge in [-0.1, -0.05) is 133 Å². The molecule has 0 heterocycles. The molecule has 0 aliphatic heterocycles. The zero-order valence-corrected chi connectivity index (χ0v) is 25.6. The quantitative estimate of drug-likeness (QED) is 0.210. The normalized spacial score (nSPS) is 13.0. The smallest absolute Gasteiger partial charge is 0.115 e. The summed E-state index contributed by atoms with van der Waals surface area (Å²) in [5.41, 5.74) is 10.6. The number of phenols is 2. The summed E-state index contributed by atoms with van der Waals surface area (Å²) in [5, 5.41) is 25.8. The predicted molar refractivity (Wildman–Crippen MR) is 193 cm³/mol. The lowest BCUT2D eigenvalue weighted by molar-refractivity contribution is 0.475. The van der Waals surface area contributed by atoms with E-state index in [1.807, 2.05) is 0 Å². The highest BCUT2D eigenvalue weighted by Gasteiger charge is 2.49. The highest BCUT2D eigenvalue weighted by molar-refractivity contribution is 5.99. The zero-order valence-electron chi connectivity index (χ0n) is 25.6. The molecule has 2 heteroatoms. The van der Waals surface area contributed by atoms with Crippen molar-refractivity contribution in [1.82, 2.24) is 0 Å². The average molecular weight is 603 g/mol. The largest absolute Gasteiger partial charge is 0.508 e. The van der Waals surface area contributed by atoms with Crippen LogP contribution in [-0.4, -0.2) is 10.2 Å². The third kappa shape index (κ3) is 4.12. The summed E-state index contributed by atoms with van der Waals surface area (Å²) in [7, 11) is 0. The monoisotopic (exact) mass is 602 g/mol. The van der Waals surface area contributed by atoms with Crippen molar-refractivity contribution in [3.05, 3.63) is 192 Å². The van der Waals surface area contributed by atoms with Gasteiger partial charge < -0.3 is 10.2 Å². The van der Waals surface area contributed by atoms with Crippen molar-refractivity contribution in [2.24, 2.45) is 0 Å².